The Balaban J connectivity index is 1.41. The first-order valence-corrected chi connectivity index (χ1v) is 11.7. The van der Waals surface area contributed by atoms with E-state index in [4.69, 9.17) is 0 Å². The van der Waals surface area contributed by atoms with Crippen molar-refractivity contribution in [1.29, 1.82) is 5.26 Å². The molecule has 1 aromatic heterocycles. The number of ketones is 1. The monoisotopic (exact) mass is 426 g/mol. The zero-order valence-electron chi connectivity index (χ0n) is 17.3. The molecule has 0 bridgehead atoms. The minimum atomic E-state index is -3.72. The number of sulfonamides is 1. The van der Waals surface area contributed by atoms with Gasteiger partial charge in [-0.2, -0.15) is 9.57 Å². The first-order valence-electron chi connectivity index (χ1n) is 10.3. The highest BCUT2D eigenvalue weighted by Gasteiger charge is 2.32. The van der Waals surface area contributed by atoms with Gasteiger partial charge in [-0.25, -0.2) is 8.42 Å². The van der Waals surface area contributed by atoms with Crippen LogP contribution in [-0.2, 0) is 10.0 Å². The Kier molecular flexibility index (Phi) is 5.53. The number of piperazine rings is 1. The fourth-order valence-corrected chi connectivity index (χ4v) is 5.86. The van der Waals surface area contributed by atoms with Crippen LogP contribution in [0.1, 0.15) is 46.2 Å². The van der Waals surface area contributed by atoms with Crippen molar-refractivity contribution in [2.75, 3.05) is 32.7 Å². The van der Waals surface area contributed by atoms with Crippen molar-refractivity contribution >= 4 is 15.8 Å². The summed E-state index contributed by atoms with van der Waals surface area (Å²) in [6, 6.07) is 10.7. The maximum Gasteiger partial charge on any atom is 0.244 e. The lowest BCUT2D eigenvalue weighted by Gasteiger charge is -2.33. The summed E-state index contributed by atoms with van der Waals surface area (Å²) in [4.78, 5) is 15.0. The molecule has 1 saturated heterocycles. The van der Waals surface area contributed by atoms with Crippen LogP contribution in [0.4, 0.5) is 0 Å². The molecule has 30 heavy (non-hydrogen) atoms. The van der Waals surface area contributed by atoms with Crippen molar-refractivity contribution in [2.24, 2.45) is 0 Å². The molecule has 0 amide bonds. The first-order chi connectivity index (χ1) is 14.3. The van der Waals surface area contributed by atoms with Crippen LogP contribution in [0.3, 0.4) is 0 Å². The van der Waals surface area contributed by atoms with E-state index in [1.54, 1.807) is 12.1 Å². The maximum atomic E-state index is 13.0. The van der Waals surface area contributed by atoms with E-state index in [-0.39, 0.29) is 22.8 Å². The second kappa shape index (κ2) is 7.99. The second-order valence-corrected chi connectivity index (χ2v) is 10.0. The van der Waals surface area contributed by atoms with E-state index in [1.807, 2.05) is 30.9 Å². The van der Waals surface area contributed by atoms with E-state index in [9.17, 15) is 18.5 Å². The summed E-state index contributed by atoms with van der Waals surface area (Å²) in [5.74, 6) is 0.0844. The van der Waals surface area contributed by atoms with Gasteiger partial charge in [0.1, 0.15) is 6.07 Å². The Bertz CT molecular complexity index is 1120. The standard InChI is InChI=1S/C22H26N4O3S/c1-16-13-20(17(2)26(16)19-7-8-19)21(27)15-24-9-11-25(12-10-24)30(28,29)22-6-4-3-5-18(22)14-23/h3-6,13,19H,7-12,15H2,1-2H3. The van der Waals surface area contributed by atoms with Gasteiger partial charge in [-0.05, 0) is 44.9 Å². The lowest BCUT2D eigenvalue weighted by atomic mass is 10.1. The van der Waals surface area contributed by atoms with Gasteiger partial charge >= 0.3 is 0 Å². The lowest BCUT2D eigenvalue weighted by molar-refractivity contribution is 0.0901. The molecule has 4 rings (SSSR count). The van der Waals surface area contributed by atoms with Gasteiger partial charge in [-0.3, -0.25) is 9.69 Å². The first kappa shape index (κ1) is 20.8. The molecule has 2 fully saturated rings. The van der Waals surface area contributed by atoms with Crippen LogP contribution in [0, 0.1) is 25.2 Å². The number of Topliss-reactive ketones (excluding diaryl/α,β-unsaturated/α-hetero) is 1. The topological polar surface area (TPSA) is 86.4 Å². The van der Waals surface area contributed by atoms with Crippen molar-refractivity contribution < 1.29 is 13.2 Å². The molecule has 1 aliphatic carbocycles. The Morgan fingerprint density at radius 3 is 2.43 bits per heavy atom. The number of rotatable bonds is 6. The average Bonchev–Trinajstić information content (AvgIpc) is 3.52. The third kappa shape index (κ3) is 3.81. The van der Waals surface area contributed by atoms with Gasteiger partial charge in [0.15, 0.2) is 5.78 Å². The number of nitriles is 1. The van der Waals surface area contributed by atoms with Crippen molar-refractivity contribution in [3.63, 3.8) is 0 Å². The van der Waals surface area contributed by atoms with E-state index < -0.39 is 10.0 Å². The van der Waals surface area contributed by atoms with E-state index >= 15 is 0 Å². The Labute approximate surface area is 177 Å². The molecule has 0 atom stereocenters. The van der Waals surface area contributed by atoms with E-state index in [2.05, 4.69) is 4.57 Å². The summed E-state index contributed by atoms with van der Waals surface area (Å²) in [7, 11) is -3.72. The van der Waals surface area contributed by atoms with E-state index in [0.717, 1.165) is 17.0 Å². The Morgan fingerprint density at radius 2 is 1.80 bits per heavy atom. The molecule has 0 radical (unpaired) electrons. The Morgan fingerprint density at radius 1 is 1.13 bits per heavy atom. The third-order valence-corrected chi connectivity index (χ3v) is 7.98. The van der Waals surface area contributed by atoms with Crippen LogP contribution in [0.2, 0.25) is 0 Å². The van der Waals surface area contributed by atoms with Crippen LogP contribution in [0.5, 0.6) is 0 Å². The summed E-state index contributed by atoms with van der Waals surface area (Å²) < 4.78 is 29.6. The largest absolute Gasteiger partial charge is 0.345 e. The highest BCUT2D eigenvalue weighted by atomic mass is 32.2. The van der Waals surface area contributed by atoms with Crippen LogP contribution in [-0.4, -0.2) is 60.7 Å². The minimum Gasteiger partial charge on any atom is -0.345 e. The number of benzene rings is 1. The average molecular weight is 427 g/mol. The number of nitrogens with zero attached hydrogens (tertiary/aromatic N) is 4. The summed E-state index contributed by atoms with van der Waals surface area (Å²) in [5.41, 5.74) is 3.10. The predicted molar refractivity (Wildman–Crippen MR) is 113 cm³/mol. The molecule has 0 spiro atoms. The van der Waals surface area contributed by atoms with Crippen molar-refractivity contribution in [3.05, 3.63) is 52.8 Å². The van der Waals surface area contributed by atoms with Gasteiger partial charge in [-0.15, -0.1) is 0 Å². The van der Waals surface area contributed by atoms with Gasteiger partial charge in [-0.1, -0.05) is 12.1 Å². The summed E-state index contributed by atoms with van der Waals surface area (Å²) >= 11 is 0. The predicted octanol–water partition coefficient (Wildman–Crippen LogP) is 2.50. The quantitative estimate of drug-likeness (QED) is 0.663. The highest BCUT2D eigenvalue weighted by molar-refractivity contribution is 7.89. The third-order valence-electron chi connectivity index (χ3n) is 6.02. The molecule has 2 aliphatic rings. The van der Waals surface area contributed by atoms with Gasteiger partial charge in [0, 0.05) is 49.2 Å². The molecule has 0 unspecified atom stereocenters. The Hall–Kier alpha value is -2.47. The number of hydrogen-bond acceptors (Lipinski definition) is 5. The molecule has 1 aliphatic heterocycles. The molecule has 8 heteroatoms. The smallest absolute Gasteiger partial charge is 0.244 e. The molecule has 1 saturated carbocycles. The molecule has 1 aromatic carbocycles. The summed E-state index contributed by atoms with van der Waals surface area (Å²) in [5, 5.41) is 9.23. The number of carbonyl (C=O) groups excluding carboxylic acids is 1. The number of aromatic nitrogens is 1. The van der Waals surface area contributed by atoms with Crippen LogP contribution >= 0.6 is 0 Å². The minimum absolute atomic E-state index is 0.0459. The normalized spacial score (nSPS) is 18.3. The zero-order valence-corrected chi connectivity index (χ0v) is 18.2. The van der Waals surface area contributed by atoms with Crippen LogP contribution < -0.4 is 0 Å². The molecule has 2 aromatic rings. The fraction of sp³-hybridized carbons (Fsp3) is 0.455. The maximum absolute atomic E-state index is 13.0. The van der Waals surface area contributed by atoms with Crippen molar-refractivity contribution in [2.45, 2.75) is 37.6 Å². The lowest BCUT2D eigenvalue weighted by Crippen LogP contribution is -2.49. The van der Waals surface area contributed by atoms with Gasteiger partial charge in [0.2, 0.25) is 10.0 Å². The number of hydrogen-bond donors (Lipinski definition) is 0. The van der Waals surface area contributed by atoms with Crippen LogP contribution in [0.15, 0.2) is 35.2 Å². The number of aryl methyl sites for hydroxylation is 1. The van der Waals surface area contributed by atoms with Crippen molar-refractivity contribution in [3.8, 4) is 6.07 Å². The van der Waals surface area contributed by atoms with Gasteiger partial charge < -0.3 is 4.57 Å². The fourth-order valence-electron chi connectivity index (χ4n) is 4.29. The summed E-state index contributed by atoms with van der Waals surface area (Å²) in [6.07, 6.45) is 2.35. The molecular weight excluding hydrogens is 400 g/mol. The van der Waals surface area contributed by atoms with Gasteiger partial charge in [0.25, 0.3) is 0 Å². The molecular formula is C22H26N4O3S. The molecule has 158 valence electrons. The van der Waals surface area contributed by atoms with E-state index in [0.29, 0.717) is 32.2 Å². The number of carbonyl (C=O) groups is 1. The summed E-state index contributed by atoms with van der Waals surface area (Å²) in [6.45, 7) is 5.92. The second-order valence-electron chi connectivity index (χ2n) is 8.10. The molecule has 0 N–H and O–H groups in total. The molecule has 7 nitrogen and oxygen atoms in total. The highest BCUT2D eigenvalue weighted by Crippen LogP contribution is 2.38. The van der Waals surface area contributed by atoms with Crippen molar-refractivity contribution in [1.82, 2.24) is 13.8 Å². The SMILES string of the molecule is Cc1cc(C(=O)CN2CCN(S(=O)(=O)c3ccccc3C#N)CC2)c(C)n1C1CC1. The van der Waals surface area contributed by atoms with Crippen LogP contribution in [0.25, 0.3) is 0 Å². The van der Waals surface area contributed by atoms with E-state index in [1.165, 1.54) is 29.3 Å². The van der Waals surface area contributed by atoms with Gasteiger partial charge in [0.05, 0.1) is 17.0 Å². The molecule has 2 heterocycles. The zero-order chi connectivity index (χ0) is 21.5.